The standard InChI is InChI=1S/C18H30O/c1-5-8-16(9-6-2)18(19)17-11-7-10-15(13-17)12-14(3)4/h7,10-11,13-14,16,18-19H,5-6,8-9,12H2,1-4H3. The lowest BCUT2D eigenvalue weighted by Gasteiger charge is -2.23. The summed E-state index contributed by atoms with van der Waals surface area (Å²) in [6.07, 6.45) is 5.31. The van der Waals surface area contributed by atoms with Crippen molar-refractivity contribution in [2.24, 2.45) is 11.8 Å². The summed E-state index contributed by atoms with van der Waals surface area (Å²) in [7, 11) is 0. The number of benzene rings is 1. The van der Waals surface area contributed by atoms with E-state index < -0.39 is 0 Å². The summed E-state index contributed by atoms with van der Waals surface area (Å²) in [6, 6.07) is 8.53. The Morgan fingerprint density at radius 1 is 1.05 bits per heavy atom. The van der Waals surface area contributed by atoms with Crippen molar-refractivity contribution in [3.63, 3.8) is 0 Å². The highest BCUT2D eigenvalue weighted by Crippen LogP contribution is 2.30. The van der Waals surface area contributed by atoms with Gasteiger partial charge in [-0.3, -0.25) is 0 Å². The molecule has 0 radical (unpaired) electrons. The summed E-state index contributed by atoms with van der Waals surface area (Å²) < 4.78 is 0. The van der Waals surface area contributed by atoms with Gasteiger partial charge >= 0.3 is 0 Å². The lowest BCUT2D eigenvalue weighted by atomic mass is 9.87. The van der Waals surface area contributed by atoms with Crippen LogP contribution in [0.25, 0.3) is 0 Å². The Balaban J connectivity index is 2.81. The molecule has 0 spiro atoms. The molecule has 1 N–H and O–H groups in total. The van der Waals surface area contributed by atoms with Gasteiger partial charge in [0, 0.05) is 0 Å². The first-order valence-corrected chi connectivity index (χ1v) is 7.85. The van der Waals surface area contributed by atoms with Gasteiger partial charge in [-0.2, -0.15) is 0 Å². The second-order valence-corrected chi connectivity index (χ2v) is 6.13. The van der Waals surface area contributed by atoms with Gasteiger partial charge in [-0.25, -0.2) is 0 Å². The predicted octanol–water partition coefficient (Wildman–Crippen LogP) is 5.13. The second kappa shape index (κ2) is 8.37. The van der Waals surface area contributed by atoms with Crippen LogP contribution in [0.15, 0.2) is 24.3 Å². The van der Waals surface area contributed by atoms with Crippen LogP contribution in [0.5, 0.6) is 0 Å². The molecule has 0 saturated carbocycles. The fourth-order valence-electron chi connectivity index (χ4n) is 2.85. The third-order valence-electron chi connectivity index (χ3n) is 3.70. The van der Waals surface area contributed by atoms with E-state index >= 15 is 0 Å². The van der Waals surface area contributed by atoms with Gasteiger partial charge in [0.1, 0.15) is 0 Å². The van der Waals surface area contributed by atoms with E-state index in [1.165, 1.54) is 5.56 Å². The maximum Gasteiger partial charge on any atom is 0.0818 e. The number of hydrogen-bond acceptors (Lipinski definition) is 1. The Kier molecular flexibility index (Phi) is 7.15. The largest absolute Gasteiger partial charge is 0.388 e. The molecule has 0 heterocycles. The van der Waals surface area contributed by atoms with Crippen LogP contribution in [0.4, 0.5) is 0 Å². The van der Waals surface area contributed by atoms with Crippen molar-refractivity contribution < 1.29 is 5.11 Å². The Morgan fingerprint density at radius 3 is 2.21 bits per heavy atom. The lowest BCUT2D eigenvalue weighted by Crippen LogP contribution is -2.13. The SMILES string of the molecule is CCCC(CCC)C(O)c1cccc(CC(C)C)c1. The quantitative estimate of drug-likeness (QED) is 0.688. The summed E-state index contributed by atoms with van der Waals surface area (Å²) in [5, 5.41) is 10.6. The molecule has 0 aliphatic carbocycles. The highest BCUT2D eigenvalue weighted by atomic mass is 16.3. The molecule has 1 heteroatoms. The van der Waals surface area contributed by atoms with Crippen LogP contribution in [0.1, 0.15) is 70.6 Å². The van der Waals surface area contributed by atoms with Crippen LogP contribution in [0.2, 0.25) is 0 Å². The van der Waals surface area contributed by atoms with E-state index in [2.05, 4.69) is 52.0 Å². The number of hydrogen-bond donors (Lipinski definition) is 1. The Labute approximate surface area is 119 Å². The molecule has 0 amide bonds. The fourth-order valence-corrected chi connectivity index (χ4v) is 2.85. The summed E-state index contributed by atoms with van der Waals surface area (Å²) in [6.45, 7) is 8.87. The normalized spacial score (nSPS) is 13.2. The Bertz CT molecular complexity index is 350. The maximum atomic E-state index is 10.6. The maximum absolute atomic E-state index is 10.6. The molecule has 0 aliphatic heterocycles. The van der Waals surface area contributed by atoms with Gasteiger partial charge in [0.15, 0.2) is 0 Å². The molecule has 1 nitrogen and oxygen atoms in total. The van der Waals surface area contributed by atoms with Crippen molar-refractivity contribution in [1.29, 1.82) is 0 Å². The van der Waals surface area contributed by atoms with Crippen molar-refractivity contribution in [3.8, 4) is 0 Å². The third-order valence-corrected chi connectivity index (χ3v) is 3.70. The third kappa shape index (κ3) is 5.36. The number of aliphatic hydroxyl groups excluding tert-OH is 1. The van der Waals surface area contributed by atoms with Crippen LogP contribution in [-0.2, 0) is 6.42 Å². The van der Waals surface area contributed by atoms with E-state index in [9.17, 15) is 5.11 Å². The van der Waals surface area contributed by atoms with E-state index in [-0.39, 0.29) is 6.10 Å². The molecule has 1 rings (SSSR count). The van der Waals surface area contributed by atoms with Gasteiger partial charge in [0.25, 0.3) is 0 Å². The van der Waals surface area contributed by atoms with Gasteiger partial charge in [-0.1, -0.05) is 64.8 Å². The highest BCUT2D eigenvalue weighted by Gasteiger charge is 2.19. The summed E-state index contributed by atoms with van der Waals surface area (Å²) >= 11 is 0. The molecule has 1 unspecified atom stereocenters. The summed E-state index contributed by atoms with van der Waals surface area (Å²) in [4.78, 5) is 0. The molecule has 19 heavy (non-hydrogen) atoms. The predicted molar refractivity (Wildman–Crippen MR) is 83.2 cm³/mol. The molecular weight excluding hydrogens is 232 g/mol. The van der Waals surface area contributed by atoms with Crippen molar-refractivity contribution in [1.82, 2.24) is 0 Å². The van der Waals surface area contributed by atoms with E-state index in [4.69, 9.17) is 0 Å². The molecule has 0 saturated heterocycles. The molecule has 0 aromatic heterocycles. The zero-order valence-corrected chi connectivity index (χ0v) is 13.0. The minimum Gasteiger partial charge on any atom is -0.388 e. The van der Waals surface area contributed by atoms with Gasteiger partial charge < -0.3 is 5.11 Å². The van der Waals surface area contributed by atoms with E-state index in [0.29, 0.717) is 11.8 Å². The van der Waals surface area contributed by atoms with Crippen LogP contribution < -0.4 is 0 Å². The molecule has 1 aromatic carbocycles. The topological polar surface area (TPSA) is 20.2 Å². The highest BCUT2D eigenvalue weighted by molar-refractivity contribution is 5.26. The smallest absolute Gasteiger partial charge is 0.0818 e. The minimum absolute atomic E-state index is 0.299. The van der Waals surface area contributed by atoms with E-state index in [1.807, 2.05) is 0 Å². The van der Waals surface area contributed by atoms with Crippen LogP contribution in [0, 0.1) is 11.8 Å². The Morgan fingerprint density at radius 2 is 1.68 bits per heavy atom. The Hall–Kier alpha value is -0.820. The van der Waals surface area contributed by atoms with Crippen LogP contribution in [-0.4, -0.2) is 5.11 Å². The van der Waals surface area contributed by atoms with E-state index in [0.717, 1.165) is 37.7 Å². The zero-order valence-electron chi connectivity index (χ0n) is 13.0. The van der Waals surface area contributed by atoms with Crippen LogP contribution >= 0.6 is 0 Å². The first-order valence-electron chi connectivity index (χ1n) is 7.85. The lowest BCUT2D eigenvalue weighted by molar-refractivity contribution is 0.0964. The molecule has 1 aromatic rings. The van der Waals surface area contributed by atoms with Gasteiger partial charge in [0.2, 0.25) is 0 Å². The van der Waals surface area contributed by atoms with Gasteiger partial charge in [-0.05, 0) is 42.2 Å². The molecule has 0 fully saturated rings. The van der Waals surface area contributed by atoms with Crippen molar-refractivity contribution in [2.75, 3.05) is 0 Å². The monoisotopic (exact) mass is 262 g/mol. The molecule has 0 bridgehead atoms. The number of aliphatic hydroxyl groups is 1. The molecule has 108 valence electrons. The van der Waals surface area contributed by atoms with Gasteiger partial charge in [0.05, 0.1) is 6.10 Å². The van der Waals surface area contributed by atoms with Gasteiger partial charge in [-0.15, -0.1) is 0 Å². The molecule has 1 atom stereocenters. The minimum atomic E-state index is -0.299. The fraction of sp³-hybridized carbons (Fsp3) is 0.667. The average molecular weight is 262 g/mol. The number of rotatable bonds is 8. The second-order valence-electron chi connectivity index (χ2n) is 6.13. The zero-order chi connectivity index (χ0) is 14.3. The summed E-state index contributed by atoms with van der Waals surface area (Å²) in [5.74, 6) is 1.07. The average Bonchev–Trinajstić information content (AvgIpc) is 2.37. The molecular formula is C18H30O. The molecule has 0 aliphatic rings. The first kappa shape index (κ1) is 16.2. The van der Waals surface area contributed by atoms with Crippen molar-refractivity contribution in [2.45, 2.75) is 65.9 Å². The van der Waals surface area contributed by atoms with Crippen molar-refractivity contribution in [3.05, 3.63) is 35.4 Å². The van der Waals surface area contributed by atoms with Crippen molar-refractivity contribution >= 4 is 0 Å². The van der Waals surface area contributed by atoms with E-state index in [1.54, 1.807) is 0 Å². The summed E-state index contributed by atoms with van der Waals surface area (Å²) in [5.41, 5.74) is 2.45. The van der Waals surface area contributed by atoms with Crippen LogP contribution in [0.3, 0.4) is 0 Å². The first-order chi connectivity index (χ1) is 9.08.